The largest absolute Gasteiger partial charge is 0.481 e. The highest BCUT2D eigenvalue weighted by Gasteiger charge is 2.33. The second kappa shape index (κ2) is 5.05. The number of aliphatic carboxylic acids is 1. The Bertz CT molecular complexity index is 615. The van der Waals surface area contributed by atoms with Crippen LogP contribution in [0.5, 0.6) is 0 Å². The molecule has 2 aromatic rings. The fraction of sp³-hybridized carbons (Fsp3) is 0.357. The monoisotopic (exact) mass is 273 g/mol. The summed E-state index contributed by atoms with van der Waals surface area (Å²) in [6.07, 6.45) is 0. The molecule has 1 aliphatic heterocycles. The minimum Gasteiger partial charge on any atom is -0.481 e. The molecule has 1 saturated heterocycles. The maximum atomic E-state index is 10.7. The van der Waals surface area contributed by atoms with E-state index in [2.05, 4.69) is 10.2 Å². The first-order valence-corrected chi connectivity index (χ1v) is 6.46. The zero-order valence-corrected chi connectivity index (χ0v) is 11.1. The van der Waals surface area contributed by atoms with E-state index in [9.17, 15) is 4.79 Å². The van der Waals surface area contributed by atoms with E-state index >= 15 is 0 Å². The highest BCUT2D eigenvalue weighted by Crippen LogP contribution is 2.21. The molecule has 6 nitrogen and oxygen atoms in total. The Kier molecular flexibility index (Phi) is 3.23. The molecular weight excluding hydrogens is 258 g/mol. The third kappa shape index (κ3) is 2.55. The first kappa shape index (κ1) is 12.8. The quantitative estimate of drug-likeness (QED) is 0.910. The van der Waals surface area contributed by atoms with Crippen LogP contribution in [0.25, 0.3) is 11.5 Å². The SMILES string of the molecule is Cc1ccc(-c2nnc(CN3CC(C(=O)O)C3)o2)cc1. The molecule has 2 heterocycles. The summed E-state index contributed by atoms with van der Waals surface area (Å²) < 4.78 is 5.60. The van der Waals surface area contributed by atoms with Crippen LogP contribution in [0.4, 0.5) is 0 Å². The standard InChI is InChI=1S/C14H15N3O3/c1-9-2-4-10(5-3-9)13-16-15-12(20-13)8-17-6-11(7-17)14(18)19/h2-5,11H,6-8H2,1H3,(H,18,19). The fourth-order valence-electron chi connectivity index (χ4n) is 2.18. The van der Waals surface area contributed by atoms with Crippen molar-refractivity contribution in [3.05, 3.63) is 35.7 Å². The van der Waals surface area contributed by atoms with Crippen molar-refractivity contribution < 1.29 is 14.3 Å². The Balaban J connectivity index is 1.63. The number of hydrogen-bond donors (Lipinski definition) is 1. The predicted molar refractivity (Wildman–Crippen MR) is 70.9 cm³/mol. The van der Waals surface area contributed by atoms with Crippen molar-refractivity contribution in [3.63, 3.8) is 0 Å². The highest BCUT2D eigenvalue weighted by molar-refractivity contribution is 5.71. The summed E-state index contributed by atoms with van der Waals surface area (Å²) in [4.78, 5) is 12.7. The summed E-state index contributed by atoms with van der Waals surface area (Å²) in [5, 5.41) is 16.8. The second-order valence-corrected chi connectivity index (χ2v) is 5.10. The lowest BCUT2D eigenvalue weighted by atomic mass is 10.0. The molecule has 1 aromatic carbocycles. The first-order chi connectivity index (χ1) is 9.61. The van der Waals surface area contributed by atoms with E-state index in [1.165, 1.54) is 5.56 Å². The topological polar surface area (TPSA) is 79.5 Å². The first-order valence-electron chi connectivity index (χ1n) is 6.46. The second-order valence-electron chi connectivity index (χ2n) is 5.10. The lowest BCUT2D eigenvalue weighted by molar-refractivity contribution is -0.147. The van der Waals surface area contributed by atoms with Crippen LogP contribution in [0.3, 0.4) is 0 Å². The number of carboxylic acids is 1. The van der Waals surface area contributed by atoms with Gasteiger partial charge >= 0.3 is 5.97 Å². The van der Waals surface area contributed by atoms with Gasteiger partial charge in [-0.2, -0.15) is 0 Å². The van der Waals surface area contributed by atoms with Crippen molar-refractivity contribution >= 4 is 5.97 Å². The lowest BCUT2D eigenvalue weighted by Gasteiger charge is -2.35. The Morgan fingerprint density at radius 1 is 1.35 bits per heavy atom. The molecule has 0 radical (unpaired) electrons. The van der Waals surface area contributed by atoms with Crippen LogP contribution in [0.1, 0.15) is 11.5 Å². The summed E-state index contributed by atoms with van der Waals surface area (Å²) >= 11 is 0. The van der Waals surface area contributed by atoms with E-state index < -0.39 is 5.97 Å². The fourth-order valence-corrected chi connectivity index (χ4v) is 2.18. The van der Waals surface area contributed by atoms with Crippen molar-refractivity contribution in [3.8, 4) is 11.5 Å². The molecule has 0 atom stereocenters. The molecule has 1 fully saturated rings. The van der Waals surface area contributed by atoms with E-state index in [1.807, 2.05) is 36.1 Å². The molecule has 0 amide bonds. The van der Waals surface area contributed by atoms with E-state index in [1.54, 1.807) is 0 Å². The van der Waals surface area contributed by atoms with Crippen molar-refractivity contribution in [1.29, 1.82) is 0 Å². The molecule has 1 aliphatic rings. The number of aryl methyl sites for hydroxylation is 1. The summed E-state index contributed by atoms with van der Waals surface area (Å²) in [6.45, 7) is 3.60. The van der Waals surface area contributed by atoms with Gasteiger partial charge in [-0.15, -0.1) is 10.2 Å². The van der Waals surface area contributed by atoms with Crippen molar-refractivity contribution in [2.75, 3.05) is 13.1 Å². The third-order valence-corrected chi connectivity index (χ3v) is 3.43. The van der Waals surface area contributed by atoms with Crippen molar-refractivity contribution in [1.82, 2.24) is 15.1 Å². The number of likely N-dealkylation sites (tertiary alicyclic amines) is 1. The molecule has 0 spiro atoms. The summed E-state index contributed by atoms with van der Waals surface area (Å²) in [5.41, 5.74) is 2.06. The average molecular weight is 273 g/mol. The summed E-state index contributed by atoms with van der Waals surface area (Å²) in [6, 6.07) is 7.87. The van der Waals surface area contributed by atoms with Crippen LogP contribution in [0.15, 0.2) is 28.7 Å². The van der Waals surface area contributed by atoms with Gasteiger partial charge < -0.3 is 9.52 Å². The van der Waals surface area contributed by atoms with Gasteiger partial charge in [0, 0.05) is 18.7 Å². The number of rotatable bonds is 4. The highest BCUT2D eigenvalue weighted by atomic mass is 16.4. The molecule has 1 N–H and O–H groups in total. The van der Waals surface area contributed by atoms with Gasteiger partial charge in [0.1, 0.15) is 0 Å². The number of benzene rings is 1. The van der Waals surface area contributed by atoms with Gasteiger partial charge in [0.25, 0.3) is 0 Å². The number of carboxylic acid groups (broad SMARTS) is 1. The van der Waals surface area contributed by atoms with E-state index in [4.69, 9.17) is 9.52 Å². The van der Waals surface area contributed by atoms with Crippen LogP contribution in [0, 0.1) is 12.8 Å². The molecule has 3 rings (SSSR count). The molecule has 6 heteroatoms. The van der Waals surface area contributed by atoms with Crippen LogP contribution < -0.4 is 0 Å². The van der Waals surface area contributed by atoms with Crippen LogP contribution in [-0.2, 0) is 11.3 Å². The van der Waals surface area contributed by atoms with Crippen molar-refractivity contribution in [2.45, 2.75) is 13.5 Å². The van der Waals surface area contributed by atoms with E-state index in [0.717, 1.165) is 5.56 Å². The normalized spacial score (nSPS) is 16.1. The Morgan fingerprint density at radius 3 is 2.70 bits per heavy atom. The number of nitrogens with zero attached hydrogens (tertiary/aromatic N) is 3. The zero-order chi connectivity index (χ0) is 14.1. The summed E-state index contributed by atoms with van der Waals surface area (Å²) in [5.74, 6) is 0.00124. The molecule has 20 heavy (non-hydrogen) atoms. The van der Waals surface area contributed by atoms with Crippen LogP contribution >= 0.6 is 0 Å². The van der Waals surface area contributed by atoms with Gasteiger partial charge in [0.05, 0.1) is 12.5 Å². The average Bonchev–Trinajstić information content (AvgIpc) is 2.82. The summed E-state index contributed by atoms with van der Waals surface area (Å²) in [7, 11) is 0. The van der Waals surface area contributed by atoms with Crippen LogP contribution in [-0.4, -0.2) is 39.3 Å². The van der Waals surface area contributed by atoms with E-state index in [-0.39, 0.29) is 5.92 Å². The van der Waals surface area contributed by atoms with Crippen molar-refractivity contribution in [2.24, 2.45) is 5.92 Å². The third-order valence-electron chi connectivity index (χ3n) is 3.43. The molecule has 0 saturated carbocycles. The van der Waals surface area contributed by atoms with Gasteiger partial charge in [0.2, 0.25) is 11.8 Å². The van der Waals surface area contributed by atoms with Gasteiger partial charge in [-0.1, -0.05) is 17.7 Å². The molecular formula is C14H15N3O3. The minimum atomic E-state index is -0.743. The maximum absolute atomic E-state index is 10.7. The molecule has 0 unspecified atom stereocenters. The zero-order valence-electron chi connectivity index (χ0n) is 11.1. The lowest BCUT2D eigenvalue weighted by Crippen LogP contribution is -2.49. The molecule has 0 bridgehead atoms. The molecule has 0 aliphatic carbocycles. The van der Waals surface area contributed by atoms with Gasteiger partial charge in [-0.05, 0) is 19.1 Å². The van der Waals surface area contributed by atoms with Crippen LogP contribution in [0.2, 0.25) is 0 Å². The molecule has 1 aromatic heterocycles. The van der Waals surface area contributed by atoms with Gasteiger partial charge in [-0.25, -0.2) is 0 Å². The number of carbonyl (C=O) groups is 1. The molecule has 104 valence electrons. The Hall–Kier alpha value is -2.21. The Labute approximate surface area is 116 Å². The predicted octanol–water partition coefficient (Wildman–Crippen LogP) is 1.56. The minimum absolute atomic E-state index is 0.269. The Morgan fingerprint density at radius 2 is 2.05 bits per heavy atom. The van der Waals surface area contributed by atoms with Gasteiger partial charge in [-0.3, -0.25) is 9.69 Å². The maximum Gasteiger partial charge on any atom is 0.309 e. The van der Waals surface area contributed by atoms with Gasteiger partial charge in [0.15, 0.2) is 0 Å². The number of hydrogen-bond acceptors (Lipinski definition) is 5. The number of aromatic nitrogens is 2. The van der Waals surface area contributed by atoms with E-state index in [0.29, 0.717) is 31.4 Å². The smallest absolute Gasteiger partial charge is 0.309 e.